The second kappa shape index (κ2) is 4.58. The van der Waals surface area contributed by atoms with Crippen LogP contribution >= 0.6 is 11.3 Å². The van der Waals surface area contributed by atoms with Crippen LogP contribution in [0.1, 0.15) is 19.3 Å². The highest BCUT2D eigenvalue weighted by molar-refractivity contribution is 7.16. The molecule has 1 saturated carbocycles. The maximum Gasteiger partial charge on any atom is 0.141 e. The number of nitrogens with two attached hydrogens (primary N) is 1. The second-order valence-electron chi connectivity index (χ2n) is 4.40. The van der Waals surface area contributed by atoms with Gasteiger partial charge < -0.3 is 10.6 Å². The Labute approximate surface area is 104 Å². The Bertz CT molecular complexity index is 506. The van der Waals surface area contributed by atoms with Gasteiger partial charge in [-0.15, -0.1) is 11.3 Å². The lowest BCUT2D eigenvalue weighted by atomic mass is 10.3. The summed E-state index contributed by atoms with van der Waals surface area (Å²) in [6.07, 6.45) is 5.25. The molecule has 0 atom stereocenters. The van der Waals surface area contributed by atoms with E-state index in [1.807, 2.05) is 0 Å². The number of anilines is 1. The highest BCUT2D eigenvalue weighted by atomic mass is 32.1. The molecule has 90 valence electrons. The molecule has 17 heavy (non-hydrogen) atoms. The fraction of sp³-hybridized carbons (Fsp3) is 0.500. The van der Waals surface area contributed by atoms with Gasteiger partial charge in [0.1, 0.15) is 17.0 Å². The normalized spacial score (nSPS) is 15.4. The number of hydrogen-bond donors (Lipinski definition) is 1. The van der Waals surface area contributed by atoms with Gasteiger partial charge in [-0.25, -0.2) is 9.97 Å². The van der Waals surface area contributed by atoms with Crippen LogP contribution in [-0.2, 0) is 0 Å². The Balaban J connectivity index is 1.96. The maximum absolute atomic E-state index is 5.61. The van der Waals surface area contributed by atoms with Crippen molar-refractivity contribution in [2.24, 2.45) is 5.73 Å². The van der Waals surface area contributed by atoms with E-state index in [-0.39, 0.29) is 0 Å². The molecule has 0 amide bonds. The minimum Gasteiger partial charge on any atom is -0.353 e. The zero-order valence-corrected chi connectivity index (χ0v) is 10.5. The Morgan fingerprint density at radius 2 is 2.29 bits per heavy atom. The molecular formula is C12H16N4S. The van der Waals surface area contributed by atoms with Crippen LogP contribution in [0, 0.1) is 0 Å². The third kappa shape index (κ3) is 2.12. The molecule has 0 bridgehead atoms. The van der Waals surface area contributed by atoms with Gasteiger partial charge in [-0.05, 0) is 37.3 Å². The predicted molar refractivity (Wildman–Crippen MR) is 71.5 cm³/mol. The summed E-state index contributed by atoms with van der Waals surface area (Å²) in [4.78, 5) is 12.3. The Morgan fingerprint density at radius 3 is 3.06 bits per heavy atom. The molecule has 4 nitrogen and oxygen atoms in total. The smallest absolute Gasteiger partial charge is 0.141 e. The van der Waals surface area contributed by atoms with Gasteiger partial charge in [-0.2, -0.15) is 0 Å². The maximum atomic E-state index is 5.61. The van der Waals surface area contributed by atoms with E-state index in [4.69, 9.17) is 5.73 Å². The Morgan fingerprint density at radius 1 is 1.41 bits per heavy atom. The minimum atomic E-state index is 0.666. The SMILES string of the molecule is NCCCN(c1ncnc2sccc12)C1CC1. The van der Waals surface area contributed by atoms with Crippen LogP contribution < -0.4 is 10.6 Å². The van der Waals surface area contributed by atoms with E-state index >= 15 is 0 Å². The molecule has 2 N–H and O–H groups in total. The van der Waals surface area contributed by atoms with E-state index in [0.29, 0.717) is 6.04 Å². The van der Waals surface area contributed by atoms with Gasteiger partial charge in [-0.1, -0.05) is 0 Å². The van der Waals surface area contributed by atoms with Crippen molar-refractivity contribution in [3.05, 3.63) is 17.8 Å². The van der Waals surface area contributed by atoms with Crippen LogP contribution in [0.25, 0.3) is 10.2 Å². The molecule has 2 aromatic heterocycles. The van der Waals surface area contributed by atoms with Crippen LogP contribution in [0.3, 0.4) is 0 Å². The van der Waals surface area contributed by atoms with Crippen molar-refractivity contribution in [2.45, 2.75) is 25.3 Å². The average Bonchev–Trinajstić information content (AvgIpc) is 3.07. The highest BCUT2D eigenvalue weighted by Crippen LogP contribution is 2.35. The van der Waals surface area contributed by atoms with Gasteiger partial charge in [0.05, 0.1) is 5.39 Å². The van der Waals surface area contributed by atoms with Gasteiger partial charge in [0.2, 0.25) is 0 Å². The molecule has 2 aromatic rings. The second-order valence-corrected chi connectivity index (χ2v) is 5.30. The van der Waals surface area contributed by atoms with Crippen LogP contribution in [0.4, 0.5) is 5.82 Å². The van der Waals surface area contributed by atoms with Crippen molar-refractivity contribution in [1.82, 2.24) is 9.97 Å². The van der Waals surface area contributed by atoms with Gasteiger partial charge in [0.25, 0.3) is 0 Å². The summed E-state index contributed by atoms with van der Waals surface area (Å²) < 4.78 is 0. The molecule has 1 aliphatic carbocycles. The highest BCUT2D eigenvalue weighted by Gasteiger charge is 2.30. The van der Waals surface area contributed by atoms with Crippen LogP contribution in [0.15, 0.2) is 17.8 Å². The van der Waals surface area contributed by atoms with E-state index in [1.165, 1.54) is 18.2 Å². The van der Waals surface area contributed by atoms with Crippen LogP contribution in [0.2, 0.25) is 0 Å². The molecule has 0 saturated heterocycles. The van der Waals surface area contributed by atoms with Crippen molar-refractivity contribution in [2.75, 3.05) is 18.0 Å². The summed E-state index contributed by atoms with van der Waals surface area (Å²) in [5.74, 6) is 1.09. The summed E-state index contributed by atoms with van der Waals surface area (Å²) in [5.41, 5.74) is 5.61. The lowest BCUT2D eigenvalue weighted by Gasteiger charge is -2.23. The summed E-state index contributed by atoms with van der Waals surface area (Å²) in [6.45, 7) is 1.74. The molecule has 2 heterocycles. The van der Waals surface area contributed by atoms with E-state index in [0.717, 1.165) is 30.2 Å². The average molecular weight is 248 g/mol. The fourth-order valence-electron chi connectivity index (χ4n) is 2.12. The summed E-state index contributed by atoms with van der Waals surface area (Å²) in [5, 5.41) is 3.26. The molecule has 0 aliphatic heterocycles. The first-order chi connectivity index (χ1) is 8.40. The van der Waals surface area contributed by atoms with Crippen molar-refractivity contribution < 1.29 is 0 Å². The summed E-state index contributed by atoms with van der Waals surface area (Å²) in [7, 11) is 0. The molecule has 1 fully saturated rings. The largest absolute Gasteiger partial charge is 0.353 e. The monoisotopic (exact) mass is 248 g/mol. The van der Waals surface area contributed by atoms with E-state index < -0.39 is 0 Å². The number of hydrogen-bond acceptors (Lipinski definition) is 5. The van der Waals surface area contributed by atoms with Crippen molar-refractivity contribution in [1.29, 1.82) is 0 Å². The van der Waals surface area contributed by atoms with E-state index in [2.05, 4.69) is 26.3 Å². The summed E-state index contributed by atoms with van der Waals surface area (Å²) >= 11 is 1.67. The van der Waals surface area contributed by atoms with Crippen LogP contribution in [-0.4, -0.2) is 29.1 Å². The molecule has 0 aromatic carbocycles. The lowest BCUT2D eigenvalue weighted by molar-refractivity contribution is 0.725. The number of thiophene rings is 1. The first-order valence-corrected chi connectivity index (χ1v) is 6.93. The van der Waals surface area contributed by atoms with E-state index in [9.17, 15) is 0 Å². The predicted octanol–water partition coefficient (Wildman–Crippen LogP) is 2.01. The molecule has 5 heteroatoms. The molecule has 1 aliphatic rings. The van der Waals surface area contributed by atoms with Gasteiger partial charge in [0, 0.05) is 12.6 Å². The zero-order chi connectivity index (χ0) is 11.7. The summed E-state index contributed by atoms with van der Waals surface area (Å²) in [6, 6.07) is 2.78. The molecular weight excluding hydrogens is 232 g/mol. The van der Waals surface area contributed by atoms with Gasteiger partial charge in [0.15, 0.2) is 0 Å². The third-order valence-corrected chi connectivity index (χ3v) is 3.92. The topological polar surface area (TPSA) is 55.0 Å². The van der Waals surface area contributed by atoms with Gasteiger partial charge >= 0.3 is 0 Å². The van der Waals surface area contributed by atoms with Crippen molar-refractivity contribution in [3.8, 4) is 0 Å². The first kappa shape index (κ1) is 10.9. The minimum absolute atomic E-state index is 0.666. The number of nitrogens with zero attached hydrogens (tertiary/aromatic N) is 3. The standard InChI is InChI=1S/C12H16N4S/c13-5-1-6-16(9-2-3-9)11-10-4-7-17-12(10)15-8-14-11/h4,7-9H,1-3,5-6,13H2. The lowest BCUT2D eigenvalue weighted by Crippen LogP contribution is -2.29. The van der Waals surface area contributed by atoms with Crippen LogP contribution in [0.5, 0.6) is 0 Å². The zero-order valence-electron chi connectivity index (χ0n) is 9.67. The van der Waals surface area contributed by atoms with Gasteiger partial charge in [-0.3, -0.25) is 0 Å². The van der Waals surface area contributed by atoms with Crippen molar-refractivity contribution in [3.63, 3.8) is 0 Å². The molecule has 3 rings (SSSR count). The molecule has 0 spiro atoms. The number of fused-ring (bicyclic) bond motifs is 1. The molecule has 0 unspecified atom stereocenters. The van der Waals surface area contributed by atoms with Crippen molar-refractivity contribution >= 4 is 27.4 Å². The molecule has 0 radical (unpaired) electrons. The third-order valence-electron chi connectivity index (χ3n) is 3.10. The fourth-order valence-corrected chi connectivity index (χ4v) is 2.84. The Hall–Kier alpha value is -1.20. The first-order valence-electron chi connectivity index (χ1n) is 6.05. The number of rotatable bonds is 5. The Kier molecular flexibility index (Phi) is 2.94. The quantitative estimate of drug-likeness (QED) is 0.879. The van der Waals surface area contributed by atoms with E-state index in [1.54, 1.807) is 17.7 Å². The number of aromatic nitrogens is 2.